The topological polar surface area (TPSA) is 92.9 Å². The van der Waals surface area contributed by atoms with Gasteiger partial charge in [0.25, 0.3) is 0 Å². The molecule has 0 heterocycles. The summed E-state index contributed by atoms with van der Waals surface area (Å²) < 4.78 is 4.65. The van der Waals surface area contributed by atoms with E-state index in [-0.39, 0.29) is 6.42 Å². The summed E-state index contributed by atoms with van der Waals surface area (Å²) in [5.74, 6) is -1.29. The minimum Gasteiger partial charge on any atom is -0.481 e. The second kappa shape index (κ2) is 7.38. The molecule has 0 saturated carbocycles. The third-order valence-corrected chi connectivity index (χ3v) is 2.63. The number of benzene rings is 1. The SMILES string of the molecule is COC(=O)c1cccc(N(CCN)CCC(=O)O)c1. The molecule has 0 bridgehead atoms. The maximum Gasteiger partial charge on any atom is 0.337 e. The molecule has 1 rings (SSSR count). The lowest BCUT2D eigenvalue weighted by atomic mass is 10.2. The van der Waals surface area contributed by atoms with Crippen LogP contribution in [0, 0.1) is 0 Å². The molecule has 0 amide bonds. The molecule has 19 heavy (non-hydrogen) atoms. The summed E-state index contributed by atoms with van der Waals surface area (Å²) >= 11 is 0. The van der Waals surface area contributed by atoms with E-state index in [0.717, 1.165) is 5.69 Å². The Morgan fingerprint density at radius 1 is 1.37 bits per heavy atom. The molecule has 0 aliphatic heterocycles. The van der Waals surface area contributed by atoms with Gasteiger partial charge in [-0.05, 0) is 18.2 Å². The lowest BCUT2D eigenvalue weighted by molar-refractivity contribution is -0.136. The van der Waals surface area contributed by atoms with Gasteiger partial charge in [-0.1, -0.05) is 6.07 Å². The number of carbonyl (C=O) groups excluding carboxylic acids is 1. The van der Waals surface area contributed by atoms with Gasteiger partial charge in [0.15, 0.2) is 0 Å². The number of hydrogen-bond donors (Lipinski definition) is 2. The van der Waals surface area contributed by atoms with Crippen LogP contribution in [0.3, 0.4) is 0 Å². The molecule has 0 atom stereocenters. The molecule has 104 valence electrons. The van der Waals surface area contributed by atoms with Gasteiger partial charge in [-0.3, -0.25) is 4.79 Å². The fraction of sp³-hybridized carbons (Fsp3) is 0.385. The van der Waals surface area contributed by atoms with Crippen molar-refractivity contribution in [3.63, 3.8) is 0 Å². The number of nitrogens with two attached hydrogens (primary N) is 1. The number of esters is 1. The highest BCUT2D eigenvalue weighted by Crippen LogP contribution is 2.17. The third kappa shape index (κ3) is 4.59. The van der Waals surface area contributed by atoms with Gasteiger partial charge in [0.1, 0.15) is 0 Å². The summed E-state index contributed by atoms with van der Waals surface area (Å²) in [4.78, 5) is 23.9. The molecule has 0 aliphatic rings. The summed E-state index contributed by atoms with van der Waals surface area (Å²) in [5, 5.41) is 8.73. The summed E-state index contributed by atoms with van der Waals surface area (Å²) in [7, 11) is 1.32. The molecule has 1 aromatic rings. The molecule has 0 aromatic heterocycles. The number of carbonyl (C=O) groups is 2. The van der Waals surface area contributed by atoms with Gasteiger partial charge in [-0.25, -0.2) is 4.79 Å². The molecule has 0 saturated heterocycles. The fourth-order valence-corrected chi connectivity index (χ4v) is 1.70. The minimum absolute atomic E-state index is 0.0163. The first-order chi connectivity index (χ1) is 9.08. The van der Waals surface area contributed by atoms with Crippen molar-refractivity contribution in [3.05, 3.63) is 29.8 Å². The van der Waals surface area contributed by atoms with Crippen molar-refractivity contribution in [1.82, 2.24) is 0 Å². The molecular weight excluding hydrogens is 248 g/mol. The van der Waals surface area contributed by atoms with Crippen molar-refractivity contribution in [1.29, 1.82) is 0 Å². The molecule has 6 nitrogen and oxygen atoms in total. The predicted molar refractivity (Wildman–Crippen MR) is 71.3 cm³/mol. The number of anilines is 1. The molecule has 0 radical (unpaired) electrons. The highest BCUT2D eigenvalue weighted by molar-refractivity contribution is 5.90. The zero-order valence-electron chi connectivity index (χ0n) is 10.8. The van der Waals surface area contributed by atoms with Crippen molar-refractivity contribution in [2.45, 2.75) is 6.42 Å². The lowest BCUT2D eigenvalue weighted by Gasteiger charge is -2.23. The van der Waals surface area contributed by atoms with E-state index in [0.29, 0.717) is 25.2 Å². The molecule has 1 aromatic carbocycles. The normalized spacial score (nSPS) is 10.0. The number of carboxylic acids is 1. The van der Waals surface area contributed by atoms with Crippen molar-refractivity contribution < 1.29 is 19.4 Å². The first-order valence-corrected chi connectivity index (χ1v) is 5.93. The summed E-state index contributed by atoms with van der Waals surface area (Å²) in [5.41, 5.74) is 6.70. The van der Waals surface area contributed by atoms with E-state index >= 15 is 0 Å². The monoisotopic (exact) mass is 266 g/mol. The van der Waals surface area contributed by atoms with E-state index in [1.54, 1.807) is 18.2 Å². The van der Waals surface area contributed by atoms with Gasteiger partial charge in [0.2, 0.25) is 0 Å². The Morgan fingerprint density at radius 2 is 2.11 bits per heavy atom. The van der Waals surface area contributed by atoms with Gasteiger partial charge >= 0.3 is 11.9 Å². The van der Waals surface area contributed by atoms with Crippen LogP contribution in [0.4, 0.5) is 5.69 Å². The zero-order valence-corrected chi connectivity index (χ0v) is 10.8. The number of methoxy groups -OCH3 is 1. The third-order valence-electron chi connectivity index (χ3n) is 2.63. The highest BCUT2D eigenvalue weighted by atomic mass is 16.5. The Hall–Kier alpha value is -2.08. The van der Waals surface area contributed by atoms with Crippen LogP contribution in [0.1, 0.15) is 16.8 Å². The molecule has 3 N–H and O–H groups in total. The predicted octanol–water partition coefficient (Wildman–Crippen LogP) is 0.713. The van der Waals surface area contributed by atoms with Crippen LogP contribution in [-0.4, -0.2) is 43.8 Å². The van der Waals surface area contributed by atoms with E-state index in [9.17, 15) is 9.59 Å². The van der Waals surface area contributed by atoms with Gasteiger partial charge < -0.3 is 20.5 Å². The Balaban J connectivity index is 2.88. The Kier molecular flexibility index (Phi) is 5.81. The number of hydrogen-bond acceptors (Lipinski definition) is 5. The van der Waals surface area contributed by atoms with Crippen LogP contribution in [0.25, 0.3) is 0 Å². The van der Waals surface area contributed by atoms with Gasteiger partial charge in [-0.15, -0.1) is 0 Å². The van der Waals surface area contributed by atoms with Crippen molar-refractivity contribution >= 4 is 17.6 Å². The first kappa shape index (κ1) is 15.0. The second-order valence-corrected chi connectivity index (χ2v) is 3.96. The van der Waals surface area contributed by atoms with Crippen LogP contribution in [0.5, 0.6) is 0 Å². The average molecular weight is 266 g/mol. The van der Waals surface area contributed by atoms with Crippen molar-refractivity contribution in [2.75, 3.05) is 31.6 Å². The number of ether oxygens (including phenoxy) is 1. The summed E-state index contributed by atoms with van der Waals surface area (Å²) in [6, 6.07) is 6.85. The number of aliphatic carboxylic acids is 1. The van der Waals surface area contributed by atoms with E-state index in [2.05, 4.69) is 4.74 Å². The standard InChI is InChI=1S/C13H18N2O4/c1-19-13(18)10-3-2-4-11(9-10)15(8-6-14)7-5-12(16)17/h2-4,9H,5-8,14H2,1H3,(H,16,17). The first-order valence-electron chi connectivity index (χ1n) is 5.93. The smallest absolute Gasteiger partial charge is 0.337 e. The fourth-order valence-electron chi connectivity index (χ4n) is 1.70. The van der Waals surface area contributed by atoms with Gasteiger partial charge in [0, 0.05) is 25.3 Å². The summed E-state index contributed by atoms with van der Waals surface area (Å²) in [6.07, 6.45) is 0.0163. The van der Waals surface area contributed by atoms with E-state index in [1.165, 1.54) is 7.11 Å². The van der Waals surface area contributed by atoms with E-state index in [1.807, 2.05) is 11.0 Å². The van der Waals surface area contributed by atoms with Crippen LogP contribution < -0.4 is 10.6 Å². The summed E-state index contributed by atoms with van der Waals surface area (Å²) in [6.45, 7) is 1.27. The van der Waals surface area contributed by atoms with Crippen molar-refractivity contribution in [2.24, 2.45) is 5.73 Å². The molecule has 0 spiro atoms. The zero-order chi connectivity index (χ0) is 14.3. The Bertz CT molecular complexity index is 448. The molecule has 0 aliphatic carbocycles. The Labute approximate surface area is 111 Å². The van der Waals surface area contributed by atoms with E-state index in [4.69, 9.17) is 10.8 Å². The second-order valence-electron chi connectivity index (χ2n) is 3.96. The van der Waals surface area contributed by atoms with E-state index < -0.39 is 11.9 Å². The largest absolute Gasteiger partial charge is 0.481 e. The lowest BCUT2D eigenvalue weighted by Crippen LogP contribution is -2.31. The molecular formula is C13H18N2O4. The van der Waals surface area contributed by atoms with Gasteiger partial charge in [-0.2, -0.15) is 0 Å². The number of rotatable bonds is 7. The number of carboxylic acid groups (broad SMARTS) is 1. The Morgan fingerprint density at radius 3 is 2.68 bits per heavy atom. The van der Waals surface area contributed by atoms with Crippen LogP contribution in [0.15, 0.2) is 24.3 Å². The maximum atomic E-state index is 11.5. The van der Waals surface area contributed by atoms with Crippen LogP contribution in [-0.2, 0) is 9.53 Å². The molecule has 6 heteroatoms. The van der Waals surface area contributed by atoms with Crippen molar-refractivity contribution in [3.8, 4) is 0 Å². The average Bonchev–Trinajstić information content (AvgIpc) is 2.42. The maximum absolute atomic E-state index is 11.5. The van der Waals surface area contributed by atoms with Crippen LogP contribution in [0.2, 0.25) is 0 Å². The van der Waals surface area contributed by atoms with Crippen LogP contribution >= 0.6 is 0 Å². The quantitative estimate of drug-likeness (QED) is 0.706. The number of nitrogens with zero attached hydrogens (tertiary/aromatic N) is 1. The van der Waals surface area contributed by atoms with Gasteiger partial charge in [0.05, 0.1) is 19.1 Å². The molecule has 0 fully saturated rings. The molecule has 0 unspecified atom stereocenters. The minimum atomic E-state index is -0.869. The highest BCUT2D eigenvalue weighted by Gasteiger charge is 2.11.